The lowest BCUT2D eigenvalue weighted by Crippen LogP contribution is -2.36. The number of rotatable bonds is 12. The molecular formula is C32H36NO8P. The molecule has 5 rings (SSSR count). The van der Waals surface area contributed by atoms with Crippen LogP contribution in [0.15, 0.2) is 66.7 Å². The van der Waals surface area contributed by atoms with Gasteiger partial charge in [0.05, 0.1) is 0 Å². The molecule has 2 aliphatic rings. The van der Waals surface area contributed by atoms with Crippen molar-refractivity contribution in [2.45, 2.75) is 39.2 Å². The Bertz CT molecular complexity index is 1380. The van der Waals surface area contributed by atoms with Gasteiger partial charge in [-0.1, -0.05) is 37.3 Å². The molecule has 2 heterocycles. The molecule has 222 valence electrons. The van der Waals surface area contributed by atoms with Crippen molar-refractivity contribution in [2.24, 2.45) is 0 Å². The highest BCUT2D eigenvalue weighted by Crippen LogP contribution is 2.40. The number of allylic oxidation sites excluding steroid dienone is 1. The van der Waals surface area contributed by atoms with Crippen LogP contribution in [0.3, 0.4) is 0 Å². The monoisotopic (exact) mass is 593 g/mol. The Hall–Kier alpha value is -3.62. The summed E-state index contributed by atoms with van der Waals surface area (Å²) in [6.45, 7) is 6.70. The van der Waals surface area contributed by atoms with E-state index in [2.05, 4.69) is 11.8 Å². The van der Waals surface area contributed by atoms with Crippen LogP contribution < -0.4 is 18.7 Å². The van der Waals surface area contributed by atoms with Gasteiger partial charge in [-0.2, -0.15) is 0 Å². The van der Waals surface area contributed by atoms with Crippen molar-refractivity contribution in [3.8, 4) is 23.0 Å². The van der Waals surface area contributed by atoms with E-state index < -0.39 is 8.60 Å². The molecule has 2 aliphatic heterocycles. The highest BCUT2D eigenvalue weighted by atomic mass is 31.2. The van der Waals surface area contributed by atoms with E-state index in [1.54, 1.807) is 12.1 Å². The Morgan fingerprint density at radius 1 is 0.905 bits per heavy atom. The first-order valence-corrected chi connectivity index (χ1v) is 15.3. The molecule has 10 heteroatoms. The van der Waals surface area contributed by atoms with Crippen LogP contribution in [-0.2, 0) is 9.53 Å². The molecule has 2 N–H and O–H groups in total. The SMILES string of the molecule is CCC(=C(c1ccc(OCC(CN2CCCC2)OC(C)=O)cc1)c1ccc(OP(O)O)cc1)c1ccc2c(c1)OCO2. The predicted molar refractivity (Wildman–Crippen MR) is 160 cm³/mol. The van der Waals surface area contributed by atoms with E-state index in [0.717, 1.165) is 65.9 Å². The molecule has 0 saturated carbocycles. The summed E-state index contributed by atoms with van der Waals surface area (Å²) in [5.74, 6) is 2.17. The Labute approximate surface area is 247 Å². The maximum absolute atomic E-state index is 11.7. The highest BCUT2D eigenvalue weighted by molar-refractivity contribution is 7.39. The fourth-order valence-corrected chi connectivity index (χ4v) is 5.73. The second kappa shape index (κ2) is 14.0. The summed E-state index contributed by atoms with van der Waals surface area (Å²) < 4.78 is 27.9. The zero-order chi connectivity index (χ0) is 29.5. The predicted octanol–water partition coefficient (Wildman–Crippen LogP) is 5.78. The molecule has 1 saturated heterocycles. The van der Waals surface area contributed by atoms with E-state index in [1.807, 2.05) is 54.6 Å². The first-order valence-electron chi connectivity index (χ1n) is 14.1. The molecule has 0 aliphatic carbocycles. The fourth-order valence-electron chi connectivity index (χ4n) is 5.42. The second-order valence-electron chi connectivity index (χ2n) is 10.2. The molecule has 1 fully saturated rings. The number of hydrogen-bond donors (Lipinski definition) is 2. The number of fused-ring (bicyclic) bond motifs is 1. The Morgan fingerprint density at radius 3 is 2.14 bits per heavy atom. The highest BCUT2D eigenvalue weighted by Gasteiger charge is 2.21. The standard InChI is InChI=1S/C32H36NO8P/c1-3-29(25-10-15-30-31(18-25)39-21-38-30)32(24-8-13-27(14-9-24)41-42(35)36)23-6-11-26(12-7-23)37-20-28(40-22(2)34)19-33-16-4-5-17-33/h6-15,18,28,35-36H,3-5,16-17,19-21H2,1-2H3. The first kappa shape index (κ1) is 29.9. The molecule has 3 aromatic carbocycles. The maximum atomic E-state index is 11.7. The molecule has 0 bridgehead atoms. The fraction of sp³-hybridized carbons (Fsp3) is 0.344. The zero-order valence-corrected chi connectivity index (χ0v) is 24.7. The van der Waals surface area contributed by atoms with Gasteiger partial charge in [-0.3, -0.25) is 9.69 Å². The molecule has 42 heavy (non-hydrogen) atoms. The summed E-state index contributed by atoms with van der Waals surface area (Å²) in [4.78, 5) is 32.5. The number of likely N-dealkylation sites (tertiary alicyclic amines) is 1. The molecule has 0 spiro atoms. The zero-order valence-electron chi connectivity index (χ0n) is 23.8. The van der Waals surface area contributed by atoms with Crippen molar-refractivity contribution in [3.63, 3.8) is 0 Å². The maximum Gasteiger partial charge on any atom is 0.391 e. The van der Waals surface area contributed by atoms with Crippen molar-refractivity contribution >= 4 is 25.7 Å². The third-order valence-electron chi connectivity index (χ3n) is 7.28. The number of esters is 1. The van der Waals surface area contributed by atoms with Gasteiger partial charge >= 0.3 is 14.6 Å². The first-order chi connectivity index (χ1) is 20.4. The van der Waals surface area contributed by atoms with E-state index in [4.69, 9.17) is 23.5 Å². The molecule has 1 unspecified atom stereocenters. The average Bonchev–Trinajstić information content (AvgIpc) is 3.67. The summed E-state index contributed by atoms with van der Waals surface area (Å²) in [5, 5.41) is 0. The molecule has 1 atom stereocenters. The number of ether oxygens (including phenoxy) is 4. The minimum Gasteiger partial charge on any atom is -0.490 e. The molecule has 0 aromatic heterocycles. The van der Waals surface area contributed by atoms with Crippen molar-refractivity contribution in [2.75, 3.05) is 33.0 Å². The van der Waals surface area contributed by atoms with Crippen LogP contribution in [0, 0.1) is 0 Å². The number of benzene rings is 3. The molecule has 0 radical (unpaired) electrons. The van der Waals surface area contributed by atoms with Gasteiger partial charge in [0.2, 0.25) is 6.79 Å². The number of carbonyl (C=O) groups excluding carboxylic acids is 1. The van der Waals surface area contributed by atoms with Crippen molar-refractivity contribution < 1.29 is 38.1 Å². The van der Waals surface area contributed by atoms with Crippen LogP contribution in [-0.4, -0.2) is 59.8 Å². The third-order valence-corrected chi connectivity index (χ3v) is 7.65. The Balaban J connectivity index is 1.43. The quantitative estimate of drug-likeness (QED) is 0.154. The van der Waals surface area contributed by atoms with E-state index in [-0.39, 0.29) is 25.5 Å². The summed E-state index contributed by atoms with van der Waals surface area (Å²) in [6.07, 6.45) is 2.73. The average molecular weight is 594 g/mol. The minimum absolute atomic E-state index is 0.203. The third kappa shape index (κ3) is 7.61. The van der Waals surface area contributed by atoms with E-state index in [9.17, 15) is 14.6 Å². The lowest BCUT2D eigenvalue weighted by molar-refractivity contribution is -0.148. The molecular weight excluding hydrogens is 557 g/mol. The topological polar surface area (TPSA) is 107 Å². The van der Waals surface area contributed by atoms with Gasteiger partial charge in [0.15, 0.2) is 11.5 Å². The Kier molecular flexibility index (Phi) is 9.97. The smallest absolute Gasteiger partial charge is 0.391 e. The lowest BCUT2D eigenvalue weighted by atomic mass is 9.88. The van der Waals surface area contributed by atoms with Crippen LogP contribution in [0.1, 0.15) is 49.8 Å². The Morgan fingerprint density at radius 2 is 1.52 bits per heavy atom. The normalized spacial score (nSPS) is 15.8. The number of hydrogen-bond acceptors (Lipinski definition) is 9. The van der Waals surface area contributed by atoms with Crippen LogP contribution in [0.5, 0.6) is 23.0 Å². The van der Waals surface area contributed by atoms with Gasteiger partial charge in [0.1, 0.15) is 24.2 Å². The van der Waals surface area contributed by atoms with E-state index >= 15 is 0 Å². The minimum atomic E-state index is -2.50. The molecule has 0 amide bonds. The molecule has 9 nitrogen and oxygen atoms in total. The van der Waals surface area contributed by atoms with Crippen LogP contribution in [0.2, 0.25) is 0 Å². The van der Waals surface area contributed by atoms with Crippen molar-refractivity contribution in [1.82, 2.24) is 4.90 Å². The van der Waals surface area contributed by atoms with Crippen LogP contribution in [0.4, 0.5) is 0 Å². The number of nitrogens with zero attached hydrogens (tertiary/aromatic N) is 1. The second-order valence-corrected chi connectivity index (χ2v) is 10.9. The van der Waals surface area contributed by atoms with E-state index in [0.29, 0.717) is 23.8 Å². The van der Waals surface area contributed by atoms with Gasteiger partial charge in [-0.25, -0.2) is 0 Å². The summed E-state index contributed by atoms with van der Waals surface area (Å²) in [6, 6.07) is 21.1. The molecule has 3 aromatic rings. The summed E-state index contributed by atoms with van der Waals surface area (Å²) in [5.41, 5.74) is 5.04. The van der Waals surface area contributed by atoms with Gasteiger partial charge < -0.3 is 33.3 Å². The summed E-state index contributed by atoms with van der Waals surface area (Å²) in [7, 11) is -2.50. The van der Waals surface area contributed by atoms with Gasteiger partial charge in [-0.05, 0) is 96.6 Å². The van der Waals surface area contributed by atoms with Gasteiger partial charge in [0, 0.05) is 13.5 Å². The van der Waals surface area contributed by atoms with Crippen molar-refractivity contribution in [1.29, 1.82) is 0 Å². The largest absolute Gasteiger partial charge is 0.490 e. The lowest BCUT2D eigenvalue weighted by Gasteiger charge is -2.23. The van der Waals surface area contributed by atoms with Gasteiger partial charge in [-0.15, -0.1) is 0 Å². The van der Waals surface area contributed by atoms with Crippen molar-refractivity contribution in [3.05, 3.63) is 83.4 Å². The van der Waals surface area contributed by atoms with Crippen LogP contribution in [0.25, 0.3) is 11.1 Å². The van der Waals surface area contributed by atoms with Gasteiger partial charge in [0.25, 0.3) is 0 Å². The van der Waals surface area contributed by atoms with E-state index in [1.165, 1.54) is 6.92 Å². The summed E-state index contributed by atoms with van der Waals surface area (Å²) >= 11 is 0. The van der Waals surface area contributed by atoms with Crippen LogP contribution >= 0.6 is 8.60 Å². The number of carbonyl (C=O) groups is 1.